The molecule has 2 aromatic carbocycles. The second-order valence-electron chi connectivity index (χ2n) is 4.68. The van der Waals surface area contributed by atoms with Gasteiger partial charge >= 0.3 is 0 Å². The van der Waals surface area contributed by atoms with Crippen LogP contribution in [0.15, 0.2) is 46.0 Å². The number of carbonyl (C=O) groups excluding carboxylic acids is 1. The van der Waals surface area contributed by atoms with E-state index in [1.165, 1.54) is 18.3 Å². The SMILES string of the molecule is CCOc1c(Br)cc(/C=N\NC(=O)c2ccccc2O)cc1OC. The lowest BCUT2D eigenvalue weighted by molar-refractivity contribution is 0.0952. The van der Waals surface area contributed by atoms with Crippen LogP contribution in [0.25, 0.3) is 0 Å². The zero-order valence-corrected chi connectivity index (χ0v) is 14.8. The van der Waals surface area contributed by atoms with Crippen LogP contribution in [-0.2, 0) is 0 Å². The smallest absolute Gasteiger partial charge is 0.275 e. The molecule has 126 valence electrons. The van der Waals surface area contributed by atoms with Gasteiger partial charge in [-0.1, -0.05) is 12.1 Å². The number of hydrazone groups is 1. The van der Waals surface area contributed by atoms with Crippen molar-refractivity contribution in [3.63, 3.8) is 0 Å². The first-order chi connectivity index (χ1) is 11.6. The monoisotopic (exact) mass is 392 g/mol. The van der Waals surface area contributed by atoms with Crippen LogP contribution in [0.1, 0.15) is 22.8 Å². The van der Waals surface area contributed by atoms with E-state index in [2.05, 4.69) is 26.5 Å². The molecule has 0 bridgehead atoms. The Morgan fingerprint density at radius 2 is 2.12 bits per heavy atom. The average Bonchev–Trinajstić information content (AvgIpc) is 2.57. The minimum atomic E-state index is -0.499. The molecule has 0 fully saturated rings. The van der Waals surface area contributed by atoms with Crippen LogP contribution in [0.5, 0.6) is 17.2 Å². The number of para-hydroxylation sites is 1. The van der Waals surface area contributed by atoms with Crippen molar-refractivity contribution in [2.45, 2.75) is 6.92 Å². The maximum absolute atomic E-state index is 11.9. The Balaban J connectivity index is 2.13. The fourth-order valence-electron chi connectivity index (χ4n) is 1.99. The number of benzene rings is 2. The third-order valence-electron chi connectivity index (χ3n) is 3.07. The number of phenolic OH excluding ortho intramolecular Hbond substituents is 1. The number of aromatic hydroxyl groups is 1. The number of nitrogens with one attached hydrogen (secondary N) is 1. The summed E-state index contributed by atoms with van der Waals surface area (Å²) in [5.41, 5.74) is 3.23. The fourth-order valence-corrected chi connectivity index (χ4v) is 2.56. The molecule has 0 saturated carbocycles. The van der Waals surface area contributed by atoms with Crippen molar-refractivity contribution in [3.05, 3.63) is 52.0 Å². The Morgan fingerprint density at radius 1 is 1.38 bits per heavy atom. The highest BCUT2D eigenvalue weighted by atomic mass is 79.9. The van der Waals surface area contributed by atoms with Gasteiger partial charge in [-0.2, -0.15) is 5.10 Å². The van der Waals surface area contributed by atoms with E-state index in [0.29, 0.717) is 23.7 Å². The van der Waals surface area contributed by atoms with Crippen LogP contribution in [0.4, 0.5) is 0 Å². The van der Waals surface area contributed by atoms with Crippen molar-refractivity contribution in [2.75, 3.05) is 13.7 Å². The summed E-state index contributed by atoms with van der Waals surface area (Å²) in [6.45, 7) is 2.40. The van der Waals surface area contributed by atoms with Gasteiger partial charge in [0.2, 0.25) is 0 Å². The van der Waals surface area contributed by atoms with Crippen molar-refractivity contribution in [1.29, 1.82) is 0 Å². The predicted octanol–water partition coefficient (Wildman–Crippen LogP) is 3.33. The summed E-state index contributed by atoms with van der Waals surface area (Å²) < 4.78 is 11.5. The van der Waals surface area contributed by atoms with Gasteiger partial charge in [-0.05, 0) is 52.7 Å². The molecule has 0 saturated heterocycles. The van der Waals surface area contributed by atoms with Gasteiger partial charge in [-0.15, -0.1) is 0 Å². The van der Waals surface area contributed by atoms with Crippen molar-refractivity contribution in [3.8, 4) is 17.2 Å². The van der Waals surface area contributed by atoms with Crippen molar-refractivity contribution in [2.24, 2.45) is 5.10 Å². The molecule has 0 spiro atoms. The molecule has 24 heavy (non-hydrogen) atoms. The van der Waals surface area contributed by atoms with Crippen molar-refractivity contribution in [1.82, 2.24) is 5.43 Å². The molecule has 0 aromatic heterocycles. The Kier molecular flexibility index (Phi) is 6.20. The minimum Gasteiger partial charge on any atom is -0.507 e. The first-order valence-electron chi connectivity index (χ1n) is 7.18. The van der Waals surface area contributed by atoms with E-state index < -0.39 is 5.91 Å². The number of hydrogen-bond acceptors (Lipinski definition) is 5. The predicted molar refractivity (Wildman–Crippen MR) is 95.0 cm³/mol. The third kappa shape index (κ3) is 4.26. The van der Waals surface area contributed by atoms with Gasteiger partial charge in [0.1, 0.15) is 5.75 Å². The quantitative estimate of drug-likeness (QED) is 0.583. The largest absolute Gasteiger partial charge is 0.507 e. The van der Waals surface area contributed by atoms with E-state index in [9.17, 15) is 9.90 Å². The molecular weight excluding hydrogens is 376 g/mol. The number of halogens is 1. The third-order valence-corrected chi connectivity index (χ3v) is 3.66. The van der Waals surface area contributed by atoms with Crippen LogP contribution in [0.2, 0.25) is 0 Å². The molecule has 0 unspecified atom stereocenters. The molecule has 0 aliphatic heterocycles. The lowest BCUT2D eigenvalue weighted by atomic mass is 10.2. The summed E-state index contributed by atoms with van der Waals surface area (Å²) in [6, 6.07) is 9.78. The van der Waals surface area contributed by atoms with Crippen LogP contribution in [0, 0.1) is 0 Å². The summed E-state index contributed by atoms with van der Waals surface area (Å²) in [4.78, 5) is 11.9. The maximum Gasteiger partial charge on any atom is 0.275 e. The van der Waals surface area contributed by atoms with E-state index in [-0.39, 0.29) is 11.3 Å². The molecule has 1 amide bonds. The Labute approximate surface area is 148 Å². The Hall–Kier alpha value is -2.54. The lowest BCUT2D eigenvalue weighted by Crippen LogP contribution is -2.17. The van der Waals surface area contributed by atoms with Gasteiger partial charge in [-0.25, -0.2) is 5.43 Å². The molecule has 6 nitrogen and oxygen atoms in total. The first-order valence-corrected chi connectivity index (χ1v) is 7.97. The topological polar surface area (TPSA) is 80.2 Å². The van der Waals surface area contributed by atoms with Gasteiger partial charge in [0.25, 0.3) is 5.91 Å². The number of nitrogens with zero attached hydrogens (tertiary/aromatic N) is 1. The summed E-state index contributed by atoms with van der Waals surface area (Å²) in [6.07, 6.45) is 1.47. The molecule has 0 aliphatic rings. The number of hydrogen-bond donors (Lipinski definition) is 2. The fraction of sp³-hybridized carbons (Fsp3) is 0.176. The van der Waals surface area contributed by atoms with E-state index in [0.717, 1.165) is 4.47 Å². The Morgan fingerprint density at radius 3 is 2.79 bits per heavy atom. The van der Waals surface area contributed by atoms with E-state index in [4.69, 9.17) is 9.47 Å². The van der Waals surface area contributed by atoms with E-state index >= 15 is 0 Å². The maximum atomic E-state index is 11.9. The molecule has 0 heterocycles. The van der Waals surface area contributed by atoms with Crippen molar-refractivity contribution < 1.29 is 19.4 Å². The molecule has 0 atom stereocenters. The highest BCUT2D eigenvalue weighted by molar-refractivity contribution is 9.10. The van der Waals surface area contributed by atoms with Gasteiger partial charge in [0.15, 0.2) is 11.5 Å². The normalized spacial score (nSPS) is 10.6. The van der Waals surface area contributed by atoms with E-state index in [1.54, 1.807) is 31.4 Å². The molecule has 2 rings (SSSR count). The summed E-state index contributed by atoms with van der Waals surface area (Å²) in [5, 5.41) is 13.5. The summed E-state index contributed by atoms with van der Waals surface area (Å²) in [7, 11) is 1.55. The van der Waals surface area contributed by atoms with E-state index in [1.807, 2.05) is 6.92 Å². The van der Waals surface area contributed by atoms with Gasteiger partial charge in [-0.3, -0.25) is 4.79 Å². The second kappa shape index (κ2) is 8.35. The van der Waals surface area contributed by atoms with Crippen LogP contribution < -0.4 is 14.9 Å². The number of phenols is 1. The Bertz CT molecular complexity index is 762. The average molecular weight is 393 g/mol. The van der Waals surface area contributed by atoms with Crippen LogP contribution in [0.3, 0.4) is 0 Å². The number of methoxy groups -OCH3 is 1. The second-order valence-corrected chi connectivity index (χ2v) is 5.54. The lowest BCUT2D eigenvalue weighted by Gasteiger charge is -2.11. The summed E-state index contributed by atoms with van der Waals surface area (Å²) in [5.74, 6) is 0.562. The summed E-state index contributed by atoms with van der Waals surface area (Å²) >= 11 is 3.42. The molecular formula is C17H17BrN2O4. The molecule has 0 aliphatic carbocycles. The highest BCUT2D eigenvalue weighted by Crippen LogP contribution is 2.36. The number of amides is 1. The zero-order valence-electron chi connectivity index (χ0n) is 13.2. The van der Waals surface area contributed by atoms with Crippen molar-refractivity contribution >= 4 is 28.1 Å². The number of carbonyl (C=O) groups is 1. The minimum absolute atomic E-state index is 0.101. The zero-order chi connectivity index (χ0) is 17.5. The van der Waals surface area contributed by atoms with Gasteiger partial charge in [0, 0.05) is 0 Å². The first kappa shape index (κ1) is 17.8. The number of ether oxygens (including phenoxy) is 2. The molecule has 2 N–H and O–H groups in total. The standard InChI is InChI=1S/C17H17BrN2O4/c1-3-24-16-13(18)8-11(9-15(16)23-2)10-19-20-17(22)12-6-4-5-7-14(12)21/h4-10,21H,3H2,1-2H3,(H,20,22)/b19-10-. The molecule has 7 heteroatoms. The van der Waals surface area contributed by atoms with Gasteiger partial charge < -0.3 is 14.6 Å². The number of rotatable bonds is 6. The highest BCUT2D eigenvalue weighted by Gasteiger charge is 2.11. The molecule has 2 aromatic rings. The van der Waals surface area contributed by atoms with Crippen LogP contribution >= 0.6 is 15.9 Å². The molecule has 0 radical (unpaired) electrons. The van der Waals surface area contributed by atoms with Crippen LogP contribution in [-0.4, -0.2) is 30.9 Å². The van der Waals surface area contributed by atoms with Gasteiger partial charge in [0.05, 0.1) is 30.0 Å².